The topological polar surface area (TPSA) is 81.2 Å². The third-order valence-corrected chi connectivity index (χ3v) is 3.36. The molecule has 19 heavy (non-hydrogen) atoms. The quantitative estimate of drug-likeness (QED) is 0.638. The van der Waals surface area contributed by atoms with E-state index < -0.39 is 0 Å². The second kappa shape index (κ2) is 4.41. The summed E-state index contributed by atoms with van der Waals surface area (Å²) in [6.45, 7) is 3.80. The molecule has 0 radical (unpaired) electrons. The van der Waals surface area contributed by atoms with Crippen LogP contribution in [0, 0.1) is 5.41 Å². The van der Waals surface area contributed by atoms with E-state index in [2.05, 4.69) is 5.10 Å². The average Bonchev–Trinajstić information content (AvgIpc) is 2.58. The van der Waals surface area contributed by atoms with Gasteiger partial charge < -0.3 is 5.73 Å². The minimum atomic E-state index is -0.313. The van der Waals surface area contributed by atoms with E-state index >= 15 is 0 Å². The zero-order valence-electron chi connectivity index (χ0n) is 11.1. The number of aromatic nitrogens is 2. The minimum Gasteiger partial charge on any atom is -0.389 e. The van der Waals surface area contributed by atoms with Crippen molar-refractivity contribution < 1.29 is 9.59 Å². The van der Waals surface area contributed by atoms with Crippen molar-refractivity contribution in [3.05, 3.63) is 11.8 Å². The van der Waals surface area contributed by atoms with Gasteiger partial charge in [0.1, 0.15) is 4.99 Å². The summed E-state index contributed by atoms with van der Waals surface area (Å²) >= 11 is 4.93. The van der Waals surface area contributed by atoms with Gasteiger partial charge in [-0.3, -0.25) is 14.3 Å². The molecule has 1 aliphatic rings. The molecule has 2 N–H and O–H groups in total. The maximum absolute atomic E-state index is 12.2. The first-order valence-electron chi connectivity index (χ1n) is 5.90. The monoisotopic (exact) mass is 280 g/mol. The Hall–Kier alpha value is -1.76. The van der Waals surface area contributed by atoms with E-state index in [9.17, 15) is 9.59 Å². The van der Waals surface area contributed by atoms with Gasteiger partial charge in [-0.15, -0.1) is 0 Å². The number of imide groups is 1. The van der Waals surface area contributed by atoms with Gasteiger partial charge in [0.15, 0.2) is 5.82 Å². The fraction of sp³-hybridized carbons (Fsp3) is 0.500. The first-order chi connectivity index (χ1) is 8.73. The Kier molecular flexibility index (Phi) is 3.17. The van der Waals surface area contributed by atoms with Crippen LogP contribution in [0.15, 0.2) is 6.20 Å². The van der Waals surface area contributed by atoms with Crippen LogP contribution in [-0.2, 0) is 16.6 Å². The van der Waals surface area contributed by atoms with Crippen molar-refractivity contribution in [1.29, 1.82) is 0 Å². The number of carbonyl (C=O) groups is 2. The lowest BCUT2D eigenvalue weighted by Crippen LogP contribution is -2.47. The van der Waals surface area contributed by atoms with Crippen molar-refractivity contribution >= 4 is 34.8 Å². The van der Waals surface area contributed by atoms with E-state index in [1.165, 1.54) is 10.9 Å². The van der Waals surface area contributed by atoms with Gasteiger partial charge in [-0.2, -0.15) is 5.10 Å². The van der Waals surface area contributed by atoms with E-state index in [1.807, 2.05) is 13.8 Å². The van der Waals surface area contributed by atoms with E-state index in [-0.39, 0.29) is 22.2 Å². The third kappa shape index (κ3) is 2.37. The minimum absolute atomic E-state index is 0.119. The highest BCUT2D eigenvalue weighted by atomic mass is 32.1. The van der Waals surface area contributed by atoms with Gasteiger partial charge in [-0.05, 0) is 5.41 Å². The first-order valence-corrected chi connectivity index (χ1v) is 6.31. The number of carbonyl (C=O) groups excluding carboxylic acids is 2. The molecule has 2 amide bonds. The first kappa shape index (κ1) is 13.7. The van der Waals surface area contributed by atoms with Crippen LogP contribution in [0.1, 0.15) is 32.3 Å². The molecule has 0 saturated carbocycles. The summed E-state index contributed by atoms with van der Waals surface area (Å²) in [6.07, 6.45) is 2.08. The molecule has 0 spiro atoms. The van der Waals surface area contributed by atoms with Crippen molar-refractivity contribution in [2.24, 2.45) is 18.2 Å². The summed E-state index contributed by atoms with van der Waals surface area (Å²) < 4.78 is 1.45. The Labute approximate surface area is 116 Å². The summed E-state index contributed by atoms with van der Waals surface area (Å²) in [6, 6.07) is 0. The van der Waals surface area contributed by atoms with Crippen molar-refractivity contribution in [2.45, 2.75) is 26.7 Å². The molecule has 0 aromatic carbocycles. The number of anilines is 1. The van der Waals surface area contributed by atoms with E-state index in [4.69, 9.17) is 18.0 Å². The highest BCUT2D eigenvalue weighted by Gasteiger charge is 2.40. The molecule has 1 aliphatic heterocycles. The van der Waals surface area contributed by atoms with Gasteiger partial charge in [0.2, 0.25) is 11.8 Å². The Bertz CT molecular complexity index is 556. The standard InChI is InChI=1S/C12H16N4O2S/c1-12(2)4-8(17)16(9(18)5-12)11-7(10(13)19)6-14-15(11)3/h6H,4-5H2,1-3H3,(H2,13,19). The molecule has 1 aromatic heterocycles. The molecule has 1 aromatic rings. The smallest absolute Gasteiger partial charge is 0.235 e. The van der Waals surface area contributed by atoms with Crippen LogP contribution in [0.5, 0.6) is 0 Å². The molecule has 6 nitrogen and oxygen atoms in total. The maximum atomic E-state index is 12.2. The molecule has 1 fully saturated rings. The van der Waals surface area contributed by atoms with Crippen LogP contribution in [0.2, 0.25) is 0 Å². The number of thiocarbonyl (C=S) groups is 1. The predicted octanol–water partition coefficient (Wildman–Crippen LogP) is 0.734. The average molecular weight is 280 g/mol. The highest BCUT2D eigenvalue weighted by Crippen LogP contribution is 2.34. The van der Waals surface area contributed by atoms with Crippen LogP contribution >= 0.6 is 12.2 Å². The summed E-state index contributed by atoms with van der Waals surface area (Å²) in [5.41, 5.74) is 5.74. The van der Waals surface area contributed by atoms with E-state index in [0.717, 1.165) is 4.90 Å². The predicted molar refractivity (Wildman–Crippen MR) is 74.6 cm³/mol. The van der Waals surface area contributed by atoms with Gasteiger partial charge in [0.25, 0.3) is 0 Å². The van der Waals surface area contributed by atoms with Crippen LogP contribution < -0.4 is 10.6 Å². The summed E-state index contributed by atoms with van der Waals surface area (Å²) in [7, 11) is 1.65. The number of piperidine rings is 1. The second-order valence-corrected chi connectivity index (χ2v) is 5.95. The van der Waals surface area contributed by atoms with Gasteiger partial charge in [0, 0.05) is 19.9 Å². The molecule has 1 saturated heterocycles. The molecular weight excluding hydrogens is 264 g/mol. The number of hydrogen-bond acceptors (Lipinski definition) is 4. The number of nitrogens with two attached hydrogens (primary N) is 1. The number of rotatable bonds is 2. The molecule has 2 heterocycles. The van der Waals surface area contributed by atoms with E-state index in [0.29, 0.717) is 24.2 Å². The number of nitrogens with zero attached hydrogens (tertiary/aromatic N) is 3. The zero-order valence-corrected chi connectivity index (χ0v) is 12.0. The SMILES string of the molecule is Cn1ncc(C(N)=S)c1N1C(=O)CC(C)(C)CC1=O. The normalized spacial score (nSPS) is 18.8. The van der Waals surface area contributed by atoms with Gasteiger partial charge in [-0.1, -0.05) is 26.1 Å². The van der Waals surface area contributed by atoms with Crippen molar-refractivity contribution in [2.75, 3.05) is 4.90 Å². The molecule has 0 aliphatic carbocycles. The molecule has 0 bridgehead atoms. The molecular formula is C12H16N4O2S. The van der Waals surface area contributed by atoms with Crippen molar-refractivity contribution in [3.8, 4) is 0 Å². The lowest BCUT2D eigenvalue weighted by molar-refractivity contribution is -0.132. The lowest BCUT2D eigenvalue weighted by atomic mass is 9.81. The largest absolute Gasteiger partial charge is 0.389 e. The fourth-order valence-corrected chi connectivity index (χ4v) is 2.43. The van der Waals surface area contributed by atoms with Gasteiger partial charge >= 0.3 is 0 Å². The number of amides is 2. The molecule has 0 atom stereocenters. The van der Waals surface area contributed by atoms with Crippen molar-refractivity contribution in [1.82, 2.24) is 9.78 Å². The number of hydrogen-bond donors (Lipinski definition) is 1. The summed E-state index contributed by atoms with van der Waals surface area (Å²) in [4.78, 5) is 25.7. The Morgan fingerprint density at radius 3 is 2.37 bits per heavy atom. The van der Waals surface area contributed by atoms with Crippen LogP contribution in [0.4, 0.5) is 5.82 Å². The molecule has 102 valence electrons. The third-order valence-electron chi connectivity index (χ3n) is 3.14. The van der Waals surface area contributed by atoms with Crippen molar-refractivity contribution in [3.63, 3.8) is 0 Å². The van der Waals surface area contributed by atoms with Crippen LogP contribution in [0.3, 0.4) is 0 Å². The maximum Gasteiger partial charge on any atom is 0.235 e. The Morgan fingerprint density at radius 1 is 1.37 bits per heavy atom. The highest BCUT2D eigenvalue weighted by molar-refractivity contribution is 7.80. The van der Waals surface area contributed by atoms with Crippen LogP contribution in [0.25, 0.3) is 0 Å². The molecule has 7 heteroatoms. The zero-order chi connectivity index (χ0) is 14.4. The second-order valence-electron chi connectivity index (χ2n) is 5.51. The fourth-order valence-electron chi connectivity index (χ4n) is 2.28. The summed E-state index contributed by atoms with van der Waals surface area (Å²) in [5.74, 6) is -0.136. The molecule has 0 unspecified atom stereocenters. The van der Waals surface area contributed by atoms with E-state index in [1.54, 1.807) is 7.05 Å². The molecule has 2 rings (SSSR count). The number of aryl methyl sites for hydroxylation is 1. The Balaban J connectivity index is 2.48. The van der Waals surface area contributed by atoms with Crippen LogP contribution in [-0.4, -0.2) is 26.6 Å². The lowest BCUT2D eigenvalue weighted by Gasteiger charge is -2.34. The van der Waals surface area contributed by atoms with Gasteiger partial charge in [-0.25, -0.2) is 4.90 Å². The van der Waals surface area contributed by atoms with Gasteiger partial charge in [0.05, 0.1) is 11.8 Å². The summed E-state index contributed by atoms with van der Waals surface area (Å²) in [5, 5.41) is 4.02. The Morgan fingerprint density at radius 2 is 1.89 bits per heavy atom.